The molecule has 4 rings (SSSR count). The quantitative estimate of drug-likeness (QED) is 0.829. The maximum atomic E-state index is 13.2. The van der Waals surface area contributed by atoms with Crippen LogP contribution in [0.4, 0.5) is 0 Å². The van der Waals surface area contributed by atoms with Crippen LogP contribution in [0, 0.1) is 0 Å². The Kier molecular flexibility index (Phi) is 5.02. The number of ether oxygens (including phenoxy) is 1. The molecular weight excluding hydrogens is 342 g/mol. The summed E-state index contributed by atoms with van der Waals surface area (Å²) >= 11 is 0. The van der Waals surface area contributed by atoms with Gasteiger partial charge in [-0.3, -0.25) is 14.5 Å². The topological polar surface area (TPSA) is 54.8 Å². The van der Waals surface area contributed by atoms with Gasteiger partial charge in [0.1, 0.15) is 5.56 Å². The van der Waals surface area contributed by atoms with E-state index in [2.05, 4.69) is 11.8 Å². The molecule has 6 nitrogen and oxygen atoms in total. The number of carbonyl (C=O) groups is 1. The van der Waals surface area contributed by atoms with E-state index in [4.69, 9.17) is 4.74 Å². The molecule has 0 radical (unpaired) electrons. The molecule has 0 aliphatic carbocycles. The molecule has 2 atom stereocenters. The second-order valence-electron chi connectivity index (χ2n) is 7.60. The molecule has 2 aliphatic rings. The van der Waals surface area contributed by atoms with E-state index in [0.29, 0.717) is 25.7 Å². The fourth-order valence-electron chi connectivity index (χ4n) is 4.45. The Morgan fingerprint density at radius 1 is 1.22 bits per heavy atom. The van der Waals surface area contributed by atoms with Crippen LogP contribution < -0.4 is 5.56 Å². The van der Waals surface area contributed by atoms with Crippen LogP contribution in [-0.2, 0) is 11.8 Å². The van der Waals surface area contributed by atoms with Crippen molar-refractivity contribution in [3.8, 4) is 0 Å². The van der Waals surface area contributed by atoms with Crippen LogP contribution in [0.3, 0.4) is 0 Å². The first-order valence-corrected chi connectivity index (χ1v) is 9.81. The lowest BCUT2D eigenvalue weighted by molar-refractivity contribution is -0.0776. The average Bonchev–Trinajstić information content (AvgIpc) is 2.70. The van der Waals surface area contributed by atoms with E-state index in [9.17, 15) is 9.59 Å². The van der Waals surface area contributed by atoms with Crippen LogP contribution in [0.5, 0.6) is 0 Å². The number of fused-ring (bicyclic) bond motifs is 2. The third-order valence-electron chi connectivity index (χ3n) is 5.89. The van der Waals surface area contributed by atoms with Gasteiger partial charge in [0.15, 0.2) is 0 Å². The van der Waals surface area contributed by atoms with Crippen LogP contribution in [0.2, 0.25) is 0 Å². The molecule has 2 fully saturated rings. The van der Waals surface area contributed by atoms with Crippen molar-refractivity contribution in [2.45, 2.75) is 31.8 Å². The molecule has 27 heavy (non-hydrogen) atoms. The maximum Gasteiger partial charge on any atom is 0.263 e. The van der Waals surface area contributed by atoms with E-state index in [-0.39, 0.29) is 23.1 Å². The summed E-state index contributed by atoms with van der Waals surface area (Å²) in [5.41, 5.74) is 0.864. The van der Waals surface area contributed by atoms with Crippen LogP contribution in [0.25, 0.3) is 10.9 Å². The van der Waals surface area contributed by atoms with Crippen molar-refractivity contribution in [3.05, 3.63) is 46.2 Å². The van der Waals surface area contributed by atoms with E-state index >= 15 is 0 Å². The lowest BCUT2D eigenvalue weighted by Crippen LogP contribution is -2.62. The van der Waals surface area contributed by atoms with Crippen molar-refractivity contribution in [1.82, 2.24) is 14.4 Å². The number of amides is 1. The Hall–Kier alpha value is -2.18. The third-order valence-corrected chi connectivity index (χ3v) is 5.89. The number of nitrogens with zero attached hydrogens (tertiary/aromatic N) is 3. The van der Waals surface area contributed by atoms with Gasteiger partial charge < -0.3 is 14.2 Å². The summed E-state index contributed by atoms with van der Waals surface area (Å²) in [6, 6.07) is 10.1. The highest BCUT2D eigenvalue weighted by molar-refractivity contribution is 5.97. The van der Waals surface area contributed by atoms with E-state index in [1.807, 2.05) is 29.2 Å². The fraction of sp³-hybridized carbons (Fsp3) is 0.524. The molecule has 0 unspecified atom stereocenters. The van der Waals surface area contributed by atoms with Gasteiger partial charge in [-0.05, 0) is 23.9 Å². The second-order valence-corrected chi connectivity index (χ2v) is 7.60. The Morgan fingerprint density at radius 3 is 2.85 bits per heavy atom. The Morgan fingerprint density at radius 2 is 2.04 bits per heavy atom. The predicted octanol–water partition coefficient (Wildman–Crippen LogP) is 1.86. The minimum atomic E-state index is -0.232. The van der Waals surface area contributed by atoms with Crippen molar-refractivity contribution in [3.63, 3.8) is 0 Å². The Labute approximate surface area is 159 Å². The van der Waals surface area contributed by atoms with Gasteiger partial charge >= 0.3 is 0 Å². The number of carbonyl (C=O) groups excluding carboxylic acids is 1. The second kappa shape index (κ2) is 7.44. The van der Waals surface area contributed by atoms with Crippen LogP contribution in [0.1, 0.15) is 30.1 Å². The number of piperazine rings is 1. The van der Waals surface area contributed by atoms with Gasteiger partial charge in [-0.2, -0.15) is 0 Å². The van der Waals surface area contributed by atoms with Gasteiger partial charge in [0, 0.05) is 32.7 Å². The summed E-state index contributed by atoms with van der Waals surface area (Å²) in [6.07, 6.45) is 2.25. The Bertz CT molecular complexity index is 905. The normalized spacial score (nSPS) is 23.4. The van der Waals surface area contributed by atoms with Crippen LogP contribution in [-0.4, -0.2) is 65.2 Å². The molecule has 0 saturated carbocycles. The third kappa shape index (κ3) is 3.28. The number of aryl methyl sites for hydroxylation is 1. The van der Waals surface area contributed by atoms with E-state index in [0.717, 1.165) is 36.9 Å². The number of benzene rings is 1. The van der Waals surface area contributed by atoms with Crippen LogP contribution in [0.15, 0.2) is 35.1 Å². The number of hydrogen-bond acceptors (Lipinski definition) is 4. The van der Waals surface area contributed by atoms with Gasteiger partial charge in [0.2, 0.25) is 0 Å². The van der Waals surface area contributed by atoms with Crippen molar-refractivity contribution < 1.29 is 9.53 Å². The largest absolute Gasteiger partial charge is 0.378 e. The molecule has 0 N–H and O–H groups in total. The monoisotopic (exact) mass is 369 g/mol. The number of morpholine rings is 1. The minimum absolute atomic E-state index is 0.168. The van der Waals surface area contributed by atoms with Gasteiger partial charge in [0.05, 0.1) is 24.8 Å². The molecule has 144 valence electrons. The van der Waals surface area contributed by atoms with Crippen molar-refractivity contribution >= 4 is 16.8 Å². The molecule has 0 bridgehead atoms. The minimum Gasteiger partial charge on any atom is -0.378 e. The first-order chi connectivity index (χ1) is 13.1. The summed E-state index contributed by atoms with van der Waals surface area (Å²) in [4.78, 5) is 30.2. The zero-order chi connectivity index (χ0) is 19.0. The highest BCUT2D eigenvalue weighted by Gasteiger charge is 2.37. The van der Waals surface area contributed by atoms with Gasteiger partial charge in [-0.1, -0.05) is 31.5 Å². The van der Waals surface area contributed by atoms with Gasteiger partial charge in [-0.15, -0.1) is 0 Å². The SMILES string of the molecule is CCC[C@H]1COC[C@H]2CN(C(=O)c3cc4ccccc4n(C)c3=O)CCN12. The maximum absolute atomic E-state index is 13.2. The summed E-state index contributed by atoms with van der Waals surface area (Å²) in [5, 5.41) is 0.908. The molecule has 2 aromatic rings. The Balaban J connectivity index is 1.58. The summed E-state index contributed by atoms with van der Waals surface area (Å²) in [6.45, 7) is 5.75. The zero-order valence-electron chi connectivity index (χ0n) is 16.1. The molecule has 6 heteroatoms. The van der Waals surface area contributed by atoms with Crippen molar-refractivity contribution in [2.24, 2.45) is 7.05 Å². The number of rotatable bonds is 3. The molecule has 2 saturated heterocycles. The number of pyridine rings is 1. The number of hydrogen-bond donors (Lipinski definition) is 0. The van der Waals surface area contributed by atoms with Gasteiger partial charge in [0.25, 0.3) is 11.5 Å². The van der Waals surface area contributed by atoms with Gasteiger partial charge in [-0.25, -0.2) is 0 Å². The zero-order valence-corrected chi connectivity index (χ0v) is 16.1. The number of para-hydroxylation sites is 1. The lowest BCUT2D eigenvalue weighted by Gasteiger charge is -2.48. The summed E-state index contributed by atoms with van der Waals surface area (Å²) < 4.78 is 7.36. The van der Waals surface area contributed by atoms with E-state index < -0.39 is 0 Å². The highest BCUT2D eigenvalue weighted by atomic mass is 16.5. The molecule has 3 heterocycles. The summed E-state index contributed by atoms with van der Waals surface area (Å²) in [7, 11) is 1.73. The van der Waals surface area contributed by atoms with E-state index in [1.54, 1.807) is 17.7 Å². The lowest BCUT2D eigenvalue weighted by atomic mass is 10.0. The molecule has 1 aromatic carbocycles. The smallest absolute Gasteiger partial charge is 0.263 e. The van der Waals surface area contributed by atoms with Crippen molar-refractivity contribution in [2.75, 3.05) is 32.8 Å². The molecule has 1 aromatic heterocycles. The molecule has 1 amide bonds. The first kappa shape index (κ1) is 18.2. The summed E-state index contributed by atoms with van der Waals surface area (Å²) in [5.74, 6) is -0.168. The van der Waals surface area contributed by atoms with Crippen LogP contribution >= 0.6 is 0 Å². The van der Waals surface area contributed by atoms with E-state index in [1.165, 1.54) is 0 Å². The highest BCUT2D eigenvalue weighted by Crippen LogP contribution is 2.22. The number of aromatic nitrogens is 1. The molecular formula is C21H27N3O3. The molecule has 0 spiro atoms. The standard InChI is InChI=1S/C21H27N3O3/c1-3-6-16-13-27-14-17-12-23(9-10-24(16)17)21(26)18-11-15-7-4-5-8-19(15)22(2)20(18)25/h4-5,7-8,11,16-17H,3,6,9-10,12-14H2,1-2H3/t16-,17+/m0/s1. The van der Waals surface area contributed by atoms with Crippen molar-refractivity contribution in [1.29, 1.82) is 0 Å². The molecule has 2 aliphatic heterocycles. The predicted molar refractivity (Wildman–Crippen MR) is 105 cm³/mol. The fourth-order valence-corrected chi connectivity index (χ4v) is 4.45. The average molecular weight is 369 g/mol. The first-order valence-electron chi connectivity index (χ1n) is 9.81.